The first-order chi connectivity index (χ1) is 10.3. The van der Waals surface area contributed by atoms with Crippen molar-refractivity contribution in [3.8, 4) is 11.7 Å². The van der Waals surface area contributed by atoms with Gasteiger partial charge in [-0.3, -0.25) is 4.90 Å². The minimum atomic E-state index is 0.466. The summed E-state index contributed by atoms with van der Waals surface area (Å²) in [4.78, 5) is 6.83. The average molecular weight is 286 g/mol. The van der Waals surface area contributed by atoms with Crippen LogP contribution in [0.3, 0.4) is 0 Å². The molecule has 112 valence electrons. The molecule has 0 spiro atoms. The van der Waals surface area contributed by atoms with Gasteiger partial charge in [0.25, 0.3) is 0 Å². The summed E-state index contributed by atoms with van der Waals surface area (Å²) in [7, 11) is 0. The highest BCUT2D eigenvalue weighted by Crippen LogP contribution is 2.13. The Morgan fingerprint density at radius 3 is 2.62 bits per heavy atom. The van der Waals surface area contributed by atoms with E-state index >= 15 is 0 Å². The molecule has 0 amide bonds. The molecule has 1 saturated heterocycles. The quantitative estimate of drug-likeness (QED) is 0.847. The lowest BCUT2D eigenvalue weighted by molar-refractivity contribution is 0.177. The Hall–Kier alpha value is -1.88. The zero-order valence-corrected chi connectivity index (χ0v) is 12.5. The Bertz CT molecular complexity index is 561. The van der Waals surface area contributed by atoms with Crippen LogP contribution in [0, 0.1) is 6.92 Å². The number of nitrogens with zero attached hydrogens (tertiary/aromatic N) is 4. The van der Waals surface area contributed by atoms with Crippen LogP contribution in [0.4, 0.5) is 0 Å². The zero-order chi connectivity index (χ0) is 14.5. The van der Waals surface area contributed by atoms with Crippen molar-refractivity contribution in [3.05, 3.63) is 36.2 Å². The molecule has 3 rings (SSSR count). The fraction of sp³-hybridized carbons (Fsp3) is 0.500. The van der Waals surface area contributed by atoms with Crippen molar-refractivity contribution >= 4 is 0 Å². The maximum atomic E-state index is 5.71. The number of likely N-dealkylation sites (tertiary alicyclic amines) is 1. The molecule has 0 unspecified atom stereocenters. The second kappa shape index (κ2) is 6.72. The summed E-state index contributed by atoms with van der Waals surface area (Å²) >= 11 is 0. The number of rotatable bonds is 5. The van der Waals surface area contributed by atoms with Crippen LogP contribution in [0.1, 0.15) is 25.1 Å². The van der Waals surface area contributed by atoms with Crippen molar-refractivity contribution in [1.29, 1.82) is 0 Å². The Labute approximate surface area is 125 Å². The SMILES string of the molecule is Cc1nc(OCCN2CCCCC2)nn1-c1ccccc1. The van der Waals surface area contributed by atoms with Crippen LogP contribution in [-0.4, -0.2) is 45.9 Å². The van der Waals surface area contributed by atoms with Gasteiger partial charge in [-0.25, -0.2) is 4.68 Å². The molecule has 1 aliphatic rings. The molecule has 5 heteroatoms. The van der Waals surface area contributed by atoms with E-state index in [4.69, 9.17) is 4.74 Å². The lowest BCUT2D eigenvalue weighted by Gasteiger charge is -2.25. The predicted molar refractivity (Wildman–Crippen MR) is 81.9 cm³/mol. The number of piperidine rings is 1. The predicted octanol–water partition coefficient (Wildman–Crippen LogP) is 2.44. The van der Waals surface area contributed by atoms with Gasteiger partial charge in [0, 0.05) is 6.54 Å². The third-order valence-corrected chi connectivity index (χ3v) is 3.84. The number of para-hydroxylation sites is 1. The third kappa shape index (κ3) is 3.61. The van der Waals surface area contributed by atoms with Gasteiger partial charge in [0.1, 0.15) is 12.4 Å². The lowest BCUT2D eigenvalue weighted by Crippen LogP contribution is -2.33. The highest BCUT2D eigenvalue weighted by molar-refractivity contribution is 5.31. The monoisotopic (exact) mass is 286 g/mol. The van der Waals surface area contributed by atoms with Crippen LogP contribution in [0.15, 0.2) is 30.3 Å². The molecular weight excluding hydrogens is 264 g/mol. The molecule has 5 nitrogen and oxygen atoms in total. The van der Waals surface area contributed by atoms with E-state index in [9.17, 15) is 0 Å². The summed E-state index contributed by atoms with van der Waals surface area (Å²) < 4.78 is 7.52. The molecular formula is C16H22N4O. The van der Waals surface area contributed by atoms with Crippen molar-refractivity contribution in [1.82, 2.24) is 19.7 Å². The van der Waals surface area contributed by atoms with Gasteiger partial charge < -0.3 is 4.74 Å². The van der Waals surface area contributed by atoms with Crippen LogP contribution in [0.5, 0.6) is 6.01 Å². The standard InChI is InChI=1S/C16H22N4O/c1-14-17-16(18-20(14)15-8-4-2-5-9-15)21-13-12-19-10-6-3-7-11-19/h2,4-5,8-9H,3,6-7,10-13H2,1H3. The molecule has 0 aliphatic carbocycles. The number of hydrogen-bond acceptors (Lipinski definition) is 4. The van der Waals surface area contributed by atoms with Gasteiger partial charge in [-0.15, -0.1) is 5.10 Å². The topological polar surface area (TPSA) is 43.2 Å². The van der Waals surface area contributed by atoms with Crippen molar-refractivity contribution in [2.45, 2.75) is 26.2 Å². The lowest BCUT2D eigenvalue weighted by atomic mass is 10.1. The number of benzene rings is 1. The van der Waals surface area contributed by atoms with Crippen LogP contribution in [0.2, 0.25) is 0 Å². The number of aromatic nitrogens is 3. The van der Waals surface area contributed by atoms with E-state index in [1.165, 1.54) is 32.4 Å². The van der Waals surface area contributed by atoms with E-state index in [1.54, 1.807) is 0 Å². The van der Waals surface area contributed by atoms with E-state index in [1.807, 2.05) is 41.9 Å². The highest BCUT2D eigenvalue weighted by atomic mass is 16.5. The van der Waals surface area contributed by atoms with Gasteiger partial charge in [0.15, 0.2) is 0 Å². The summed E-state index contributed by atoms with van der Waals surface area (Å²) in [5.41, 5.74) is 1.01. The van der Waals surface area contributed by atoms with Gasteiger partial charge in [-0.05, 0) is 45.0 Å². The Balaban J connectivity index is 1.57. The Morgan fingerprint density at radius 2 is 1.86 bits per heavy atom. The second-order valence-corrected chi connectivity index (χ2v) is 5.44. The second-order valence-electron chi connectivity index (χ2n) is 5.44. The van der Waals surface area contributed by atoms with E-state index in [-0.39, 0.29) is 0 Å². The van der Waals surface area contributed by atoms with E-state index < -0.39 is 0 Å². The fourth-order valence-corrected chi connectivity index (χ4v) is 2.69. The Morgan fingerprint density at radius 1 is 1.10 bits per heavy atom. The minimum absolute atomic E-state index is 0.466. The van der Waals surface area contributed by atoms with Gasteiger partial charge in [0.2, 0.25) is 0 Å². The first-order valence-corrected chi connectivity index (χ1v) is 7.67. The van der Waals surface area contributed by atoms with Crippen LogP contribution in [0.25, 0.3) is 5.69 Å². The van der Waals surface area contributed by atoms with Crippen molar-refractivity contribution in [3.63, 3.8) is 0 Å². The fourth-order valence-electron chi connectivity index (χ4n) is 2.69. The van der Waals surface area contributed by atoms with Crippen molar-refractivity contribution < 1.29 is 4.74 Å². The first-order valence-electron chi connectivity index (χ1n) is 7.67. The number of aryl methyl sites for hydroxylation is 1. The van der Waals surface area contributed by atoms with Gasteiger partial charge in [-0.2, -0.15) is 4.98 Å². The summed E-state index contributed by atoms with van der Waals surface area (Å²) in [6.07, 6.45) is 3.97. The molecule has 2 aromatic rings. The maximum Gasteiger partial charge on any atom is 0.336 e. The Kier molecular flexibility index (Phi) is 4.50. The molecule has 2 heterocycles. The van der Waals surface area contributed by atoms with Crippen LogP contribution < -0.4 is 4.74 Å². The molecule has 1 aromatic carbocycles. The molecule has 1 aromatic heterocycles. The van der Waals surface area contributed by atoms with Gasteiger partial charge in [0.05, 0.1) is 5.69 Å². The summed E-state index contributed by atoms with van der Waals surface area (Å²) in [5, 5.41) is 4.43. The molecule has 0 N–H and O–H groups in total. The largest absolute Gasteiger partial charge is 0.461 e. The normalized spacial score (nSPS) is 16.0. The zero-order valence-electron chi connectivity index (χ0n) is 12.5. The maximum absolute atomic E-state index is 5.71. The average Bonchev–Trinajstić information content (AvgIpc) is 2.90. The van der Waals surface area contributed by atoms with Crippen molar-refractivity contribution in [2.24, 2.45) is 0 Å². The van der Waals surface area contributed by atoms with E-state index in [0.717, 1.165) is 18.1 Å². The summed E-state index contributed by atoms with van der Waals surface area (Å²) in [6.45, 7) is 5.93. The molecule has 0 radical (unpaired) electrons. The smallest absolute Gasteiger partial charge is 0.336 e. The van der Waals surface area contributed by atoms with E-state index in [0.29, 0.717) is 12.6 Å². The van der Waals surface area contributed by atoms with Crippen LogP contribution >= 0.6 is 0 Å². The van der Waals surface area contributed by atoms with Crippen molar-refractivity contribution in [2.75, 3.05) is 26.2 Å². The van der Waals surface area contributed by atoms with Gasteiger partial charge in [-0.1, -0.05) is 24.6 Å². The summed E-state index contributed by atoms with van der Waals surface area (Å²) in [6, 6.07) is 10.5. The van der Waals surface area contributed by atoms with E-state index in [2.05, 4.69) is 15.0 Å². The molecule has 1 aliphatic heterocycles. The molecule has 0 saturated carbocycles. The highest BCUT2D eigenvalue weighted by Gasteiger charge is 2.12. The molecule has 0 atom stereocenters. The minimum Gasteiger partial charge on any atom is -0.461 e. The number of ether oxygens (including phenoxy) is 1. The van der Waals surface area contributed by atoms with Gasteiger partial charge >= 0.3 is 6.01 Å². The molecule has 21 heavy (non-hydrogen) atoms. The summed E-state index contributed by atoms with van der Waals surface area (Å²) in [5.74, 6) is 0.842. The van der Waals surface area contributed by atoms with Crippen LogP contribution in [-0.2, 0) is 0 Å². The molecule has 0 bridgehead atoms. The molecule has 1 fully saturated rings. The third-order valence-electron chi connectivity index (χ3n) is 3.84. The number of hydrogen-bond donors (Lipinski definition) is 0. The first kappa shape index (κ1) is 14.1.